The monoisotopic (exact) mass is 490 g/mol. The molecule has 0 N–H and O–H groups in total. The fourth-order valence-corrected chi connectivity index (χ4v) is 4.01. The molecule has 2 heterocycles. The highest BCUT2D eigenvalue weighted by atomic mass is 35.5. The van der Waals surface area contributed by atoms with E-state index in [4.69, 9.17) is 27.9 Å². The number of hydrogen-bond donors (Lipinski definition) is 0. The second-order valence-corrected chi connectivity index (χ2v) is 8.51. The molecule has 0 spiro atoms. The smallest absolute Gasteiger partial charge is 0.342 e. The Kier molecular flexibility index (Phi) is 7.71. The molecule has 33 heavy (non-hydrogen) atoms. The van der Waals surface area contributed by atoms with E-state index in [1.165, 1.54) is 12.1 Å². The van der Waals surface area contributed by atoms with E-state index in [0.29, 0.717) is 33.7 Å². The van der Waals surface area contributed by atoms with Gasteiger partial charge in [-0.05, 0) is 39.0 Å². The van der Waals surface area contributed by atoms with E-state index < -0.39 is 11.9 Å². The number of benzene rings is 1. The lowest BCUT2D eigenvalue weighted by molar-refractivity contribution is 0.0406. The minimum absolute atomic E-state index is 0.00626. The third-order valence-corrected chi connectivity index (χ3v) is 6.02. The number of nitrogens with zero attached hydrogens (tertiary/aromatic N) is 4. The van der Waals surface area contributed by atoms with E-state index in [-0.39, 0.29) is 42.9 Å². The van der Waals surface area contributed by atoms with Gasteiger partial charge in [0.15, 0.2) is 0 Å². The highest BCUT2D eigenvalue weighted by Gasteiger charge is 2.34. The zero-order valence-electron chi connectivity index (χ0n) is 18.6. The molecule has 1 atom stereocenters. The molecule has 1 aromatic heterocycles. The SMILES string of the molecule is C=CCOC(=O)c1c(C)nc(C)nc1C(=O)N1CCN(C(=O)c2ccc(Cl)c(Cl)c2)C(C)C1. The van der Waals surface area contributed by atoms with E-state index >= 15 is 0 Å². The molecule has 2 amide bonds. The summed E-state index contributed by atoms with van der Waals surface area (Å²) < 4.78 is 5.13. The summed E-state index contributed by atoms with van der Waals surface area (Å²) in [6.45, 7) is 9.53. The van der Waals surface area contributed by atoms with E-state index in [9.17, 15) is 14.4 Å². The van der Waals surface area contributed by atoms with Crippen molar-refractivity contribution in [3.05, 3.63) is 69.2 Å². The molecule has 1 aromatic carbocycles. The van der Waals surface area contributed by atoms with E-state index in [1.807, 2.05) is 6.92 Å². The summed E-state index contributed by atoms with van der Waals surface area (Å²) >= 11 is 12.0. The molecule has 0 aliphatic carbocycles. The first-order chi connectivity index (χ1) is 15.6. The van der Waals surface area contributed by atoms with Crippen LogP contribution in [0.3, 0.4) is 0 Å². The van der Waals surface area contributed by atoms with Gasteiger partial charge in [0.05, 0.1) is 15.7 Å². The number of aromatic nitrogens is 2. The lowest BCUT2D eigenvalue weighted by Crippen LogP contribution is -2.55. The van der Waals surface area contributed by atoms with Crippen molar-refractivity contribution in [1.29, 1.82) is 0 Å². The number of halogens is 2. The predicted molar refractivity (Wildman–Crippen MR) is 125 cm³/mol. The number of hydrogen-bond acceptors (Lipinski definition) is 6. The van der Waals surface area contributed by atoms with Gasteiger partial charge in [-0.15, -0.1) is 0 Å². The van der Waals surface area contributed by atoms with Gasteiger partial charge >= 0.3 is 5.97 Å². The summed E-state index contributed by atoms with van der Waals surface area (Å²) in [5.41, 5.74) is 0.812. The zero-order chi connectivity index (χ0) is 24.3. The van der Waals surface area contributed by atoms with Gasteiger partial charge in [0.25, 0.3) is 11.8 Å². The fraction of sp³-hybridized carbons (Fsp3) is 0.348. The first-order valence-corrected chi connectivity index (χ1v) is 11.1. The maximum atomic E-state index is 13.3. The van der Waals surface area contributed by atoms with Gasteiger partial charge in [-0.1, -0.05) is 35.9 Å². The van der Waals surface area contributed by atoms with Gasteiger partial charge in [-0.2, -0.15) is 0 Å². The molecule has 1 unspecified atom stereocenters. The van der Waals surface area contributed by atoms with Crippen LogP contribution in [0.2, 0.25) is 10.0 Å². The lowest BCUT2D eigenvalue weighted by atomic mass is 10.1. The maximum Gasteiger partial charge on any atom is 0.342 e. The molecule has 3 rings (SSSR count). The minimum Gasteiger partial charge on any atom is -0.458 e. The molecule has 0 radical (unpaired) electrons. The van der Waals surface area contributed by atoms with Crippen LogP contribution in [0.1, 0.15) is 49.6 Å². The molecule has 1 aliphatic rings. The van der Waals surface area contributed by atoms with E-state index in [1.54, 1.807) is 35.8 Å². The maximum absolute atomic E-state index is 13.3. The number of carbonyl (C=O) groups excluding carboxylic acids is 3. The van der Waals surface area contributed by atoms with Gasteiger partial charge < -0.3 is 14.5 Å². The third kappa shape index (κ3) is 5.34. The fourth-order valence-electron chi connectivity index (χ4n) is 3.71. The lowest BCUT2D eigenvalue weighted by Gasteiger charge is -2.40. The van der Waals surface area contributed by atoms with Crippen LogP contribution in [0.4, 0.5) is 0 Å². The summed E-state index contributed by atoms with van der Waals surface area (Å²) in [6.07, 6.45) is 1.44. The summed E-state index contributed by atoms with van der Waals surface area (Å²) in [7, 11) is 0. The van der Waals surface area contributed by atoms with E-state index in [2.05, 4.69) is 16.5 Å². The molecule has 1 aliphatic heterocycles. The highest BCUT2D eigenvalue weighted by molar-refractivity contribution is 6.42. The highest BCUT2D eigenvalue weighted by Crippen LogP contribution is 2.25. The minimum atomic E-state index is -0.683. The molecule has 8 nitrogen and oxygen atoms in total. The molecule has 0 saturated carbocycles. The van der Waals surface area contributed by atoms with Gasteiger partial charge in [0.2, 0.25) is 0 Å². The van der Waals surface area contributed by atoms with Crippen molar-refractivity contribution in [2.24, 2.45) is 0 Å². The number of rotatable bonds is 5. The molecule has 2 aromatic rings. The Hall–Kier alpha value is -2.97. The number of esters is 1. The topological polar surface area (TPSA) is 92.7 Å². The Morgan fingerprint density at radius 3 is 2.52 bits per heavy atom. The Morgan fingerprint density at radius 2 is 1.88 bits per heavy atom. The Morgan fingerprint density at radius 1 is 1.15 bits per heavy atom. The predicted octanol–water partition coefficient (Wildman–Crippen LogP) is 3.73. The van der Waals surface area contributed by atoms with Gasteiger partial charge in [0.1, 0.15) is 23.7 Å². The second-order valence-electron chi connectivity index (χ2n) is 7.69. The number of ether oxygens (including phenoxy) is 1. The molecule has 1 saturated heterocycles. The van der Waals surface area contributed by atoms with Crippen LogP contribution >= 0.6 is 23.2 Å². The number of carbonyl (C=O) groups is 3. The van der Waals surface area contributed by atoms with Crippen molar-refractivity contribution in [1.82, 2.24) is 19.8 Å². The summed E-state index contributed by atoms with van der Waals surface area (Å²) in [4.78, 5) is 50.6. The van der Waals surface area contributed by atoms with Crippen LogP contribution in [0.5, 0.6) is 0 Å². The van der Waals surface area contributed by atoms with Gasteiger partial charge in [0, 0.05) is 31.2 Å². The molecule has 0 bridgehead atoms. The summed E-state index contributed by atoms with van der Waals surface area (Å²) in [6, 6.07) is 4.46. The van der Waals surface area contributed by atoms with E-state index in [0.717, 1.165) is 0 Å². The number of piperazine rings is 1. The summed E-state index contributed by atoms with van der Waals surface area (Å²) in [5.74, 6) is -0.923. The van der Waals surface area contributed by atoms with Crippen molar-refractivity contribution in [2.75, 3.05) is 26.2 Å². The Bertz CT molecular complexity index is 1120. The first kappa shape index (κ1) is 24.7. The number of amides is 2. The van der Waals surface area contributed by atoms with Crippen molar-refractivity contribution < 1.29 is 19.1 Å². The van der Waals surface area contributed by atoms with Gasteiger partial charge in [-0.25, -0.2) is 14.8 Å². The van der Waals surface area contributed by atoms with Crippen LogP contribution in [0, 0.1) is 13.8 Å². The van der Waals surface area contributed by atoms with Crippen LogP contribution in [-0.2, 0) is 4.74 Å². The zero-order valence-corrected chi connectivity index (χ0v) is 20.1. The number of aryl methyl sites for hydroxylation is 2. The Labute approximate surface area is 202 Å². The normalized spacial score (nSPS) is 15.8. The Balaban J connectivity index is 1.81. The van der Waals surface area contributed by atoms with Crippen molar-refractivity contribution in [2.45, 2.75) is 26.8 Å². The second kappa shape index (κ2) is 10.3. The molecular formula is C23H24Cl2N4O4. The quantitative estimate of drug-likeness (QED) is 0.468. The summed E-state index contributed by atoms with van der Waals surface area (Å²) in [5, 5.41) is 0.670. The molecule has 1 fully saturated rings. The largest absolute Gasteiger partial charge is 0.458 e. The van der Waals surface area contributed by atoms with Gasteiger partial charge in [-0.3, -0.25) is 9.59 Å². The standard InChI is InChI=1S/C23H24Cl2N4O4/c1-5-10-33-23(32)19-14(3)26-15(4)27-20(19)22(31)28-8-9-29(13(2)12-28)21(30)16-6-7-17(24)18(25)11-16/h5-7,11,13H,1,8-10,12H2,2-4H3. The molecule has 174 valence electrons. The van der Waals surface area contributed by atoms with Crippen LogP contribution in [-0.4, -0.2) is 69.8 Å². The molecular weight excluding hydrogens is 467 g/mol. The van der Waals surface area contributed by atoms with Crippen LogP contribution < -0.4 is 0 Å². The van der Waals surface area contributed by atoms with Crippen LogP contribution in [0.15, 0.2) is 30.9 Å². The van der Waals surface area contributed by atoms with Crippen molar-refractivity contribution >= 4 is 41.0 Å². The van der Waals surface area contributed by atoms with Crippen molar-refractivity contribution in [3.8, 4) is 0 Å². The average molecular weight is 491 g/mol. The van der Waals surface area contributed by atoms with Crippen molar-refractivity contribution in [3.63, 3.8) is 0 Å². The van der Waals surface area contributed by atoms with Crippen LogP contribution in [0.25, 0.3) is 0 Å². The third-order valence-electron chi connectivity index (χ3n) is 5.28. The molecule has 10 heteroatoms. The average Bonchev–Trinajstić information content (AvgIpc) is 2.77. The first-order valence-electron chi connectivity index (χ1n) is 10.3.